The number of hydrogen-bond acceptors (Lipinski definition) is 2. The highest BCUT2D eigenvalue weighted by molar-refractivity contribution is 5.82. The zero-order chi connectivity index (χ0) is 7.68. The Morgan fingerprint density at radius 2 is 2.09 bits per heavy atom. The van der Waals surface area contributed by atoms with E-state index in [2.05, 4.69) is 0 Å². The van der Waals surface area contributed by atoms with Crippen LogP contribution in [0.4, 0.5) is 0 Å². The molecule has 1 heterocycles. The Hall–Kier alpha value is -0.370. The van der Waals surface area contributed by atoms with Crippen molar-refractivity contribution in [2.75, 3.05) is 13.2 Å². The van der Waals surface area contributed by atoms with Crippen molar-refractivity contribution >= 4 is 5.78 Å². The summed E-state index contributed by atoms with van der Waals surface area (Å²) in [6.45, 7) is 1.66. The van der Waals surface area contributed by atoms with Crippen molar-refractivity contribution in [2.45, 2.75) is 25.7 Å². The molecular weight excluding hydrogens is 140 g/mol. The van der Waals surface area contributed by atoms with E-state index in [9.17, 15) is 4.79 Å². The smallest absolute Gasteiger partial charge is 0.136 e. The molecule has 1 saturated carbocycles. The quantitative estimate of drug-likeness (QED) is 0.570. The van der Waals surface area contributed by atoms with E-state index in [1.807, 2.05) is 0 Å². The van der Waals surface area contributed by atoms with Crippen LogP contribution in [0.2, 0.25) is 0 Å². The van der Waals surface area contributed by atoms with E-state index < -0.39 is 0 Å². The predicted octanol–water partition coefficient (Wildman–Crippen LogP) is 1.39. The van der Waals surface area contributed by atoms with Gasteiger partial charge in [0.25, 0.3) is 0 Å². The number of carbonyl (C=O) groups excluding carboxylic acids is 1. The largest absolute Gasteiger partial charge is 0.381 e. The normalized spacial score (nSPS) is 33.5. The third kappa shape index (κ3) is 1.32. The third-order valence-corrected chi connectivity index (χ3v) is 2.83. The first-order valence-electron chi connectivity index (χ1n) is 4.48. The summed E-state index contributed by atoms with van der Waals surface area (Å²) in [6.07, 6.45) is 4.30. The van der Waals surface area contributed by atoms with Crippen molar-refractivity contribution in [2.24, 2.45) is 11.8 Å². The SMILES string of the molecule is O=C1CCCCC1C1COC1. The minimum atomic E-state index is 0.359. The van der Waals surface area contributed by atoms with Gasteiger partial charge in [0.05, 0.1) is 13.2 Å². The lowest BCUT2D eigenvalue weighted by Crippen LogP contribution is -2.39. The number of ketones is 1. The standard InChI is InChI=1S/C9H14O2/c10-9-4-2-1-3-8(9)7-5-11-6-7/h7-8H,1-6H2. The van der Waals surface area contributed by atoms with Crippen molar-refractivity contribution in [3.8, 4) is 0 Å². The molecule has 1 unspecified atom stereocenters. The molecule has 0 aromatic heterocycles. The minimum absolute atomic E-state index is 0.359. The van der Waals surface area contributed by atoms with Crippen molar-refractivity contribution in [3.63, 3.8) is 0 Å². The lowest BCUT2D eigenvalue weighted by molar-refractivity contribution is -0.135. The molecule has 0 radical (unpaired) electrons. The summed E-state index contributed by atoms with van der Waals surface area (Å²) < 4.78 is 5.08. The molecular formula is C9H14O2. The molecule has 0 amide bonds. The lowest BCUT2D eigenvalue weighted by Gasteiger charge is -2.34. The zero-order valence-electron chi connectivity index (χ0n) is 6.71. The Morgan fingerprint density at radius 3 is 2.64 bits per heavy atom. The molecule has 0 bridgehead atoms. The first-order chi connectivity index (χ1) is 5.38. The maximum absolute atomic E-state index is 11.4. The summed E-state index contributed by atoms with van der Waals surface area (Å²) in [5.74, 6) is 1.42. The van der Waals surface area contributed by atoms with Crippen molar-refractivity contribution < 1.29 is 9.53 Å². The molecule has 2 fully saturated rings. The van der Waals surface area contributed by atoms with Crippen LogP contribution in [0.1, 0.15) is 25.7 Å². The van der Waals surface area contributed by atoms with Gasteiger partial charge in [-0.1, -0.05) is 6.42 Å². The number of carbonyl (C=O) groups is 1. The Kier molecular flexibility index (Phi) is 1.95. The van der Waals surface area contributed by atoms with Gasteiger partial charge in [0, 0.05) is 18.3 Å². The van der Waals surface area contributed by atoms with Crippen molar-refractivity contribution in [3.05, 3.63) is 0 Å². The maximum atomic E-state index is 11.4. The van der Waals surface area contributed by atoms with E-state index in [1.54, 1.807) is 0 Å². The number of ether oxygens (including phenoxy) is 1. The molecule has 2 aliphatic rings. The van der Waals surface area contributed by atoms with Gasteiger partial charge in [0.15, 0.2) is 0 Å². The molecule has 11 heavy (non-hydrogen) atoms. The van der Waals surface area contributed by atoms with Crippen molar-refractivity contribution in [1.29, 1.82) is 0 Å². The van der Waals surface area contributed by atoms with E-state index in [-0.39, 0.29) is 0 Å². The Morgan fingerprint density at radius 1 is 1.27 bits per heavy atom. The first kappa shape index (κ1) is 7.29. The summed E-state index contributed by atoms with van der Waals surface area (Å²) in [6, 6.07) is 0. The van der Waals surface area contributed by atoms with Crippen LogP contribution in [0, 0.1) is 11.8 Å². The summed E-state index contributed by atoms with van der Waals surface area (Å²) >= 11 is 0. The van der Waals surface area contributed by atoms with Crippen LogP contribution in [0.15, 0.2) is 0 Å². The first-order valence-corrected chi connectivity index (χ1v) is 4.48. The number of hydrogen-bond donors (Lipinski definition) is 0. The van der Waals surface area contributed by atoms with Gasteiger partial charge >= 0.3 is 0 Å². The topological polar surface area (TPSA) is 26.3 Å². The second-order valence-corrected chi connectivity index (χ2v) is 3.62. The van der Waals surface area contributed by atoms with Crippen LogP contribution < -0.4 is 0 Å². The molecule has 2 nitrogen and oxygen atoms in total. The minimum Gasteiger partial charge on any atom is -0.381 e. The predicted molar refractivity (Wildman–Crippen MR) is 41.3 cm³/mol. The lowest BCUT2D eigenvalue weighted by atomic mass is 9.78. The van der Waals surface area contributed by atoms with E-state index in [1.165, 1.54) is 6.42 Å². The van der Waals surface area contributed by atoms with Gasteiger partial charge in [0.2, 0.25) is 0 Å². The molecule has 62 valence electrons. The fourth-order valence-corrected chi connectivity index (χ4v) is 1.99. The molecule has 1 atom stereocenters. The molecule has 1 aliphatic heterocycles. The van der Waals surface area contributed by atoms with Crippen LogP contribution in [-0.2, 0) is 9.53 Å². The van der Waals surface area contributed by atoms with Gasteiger partial charge < -0.3 is 4.74 Å². The van der Waals surface area contributed by atoms with Crippen molar-refractivity contribution in [1.82, 2.24) is 0 Å². The van der Waals surface area contributed by atoms with E-state index in [0.717, 1.165) is 32.5 Å². The second-order valence-electron chi connectivity index (χ2n) is 3.62. The number of rotatable bonds is 1. The maximum Gasteiger partial charge on any atom is 0.136 e. The molecule has 2 rings (SSSR count). The average molecular weight is 154 g/mol. The molecule has 0 spiro atoms. The molecule has 0 aromatic carbocycles. The summed E-state index contributed by atoms with van der Waals surface area (Å²) in [7, 11) is 0. The zero-order valence-corrected chi connectivity index (χ0v) is 6.71. The fourth-order valence-electron chi connectivity index (χ4n) is 1.99. The molecule has 1 saturated heterocycles. The highest BCUT2D eigenvalue weighted by Gasteiger charge is 2.34. The highest BCUT2D eigenvalue weighted by Crippen LogP contribution is 2.31. The summed E-state index contributed by atoms with van der Waals surface area (Å²) in [5.41, 5.74) is 0. The van der Waals surface area contributed by atoms with Crippen LogP contribution in [0.25, 0.3) is 0 Å². The molecule has 0 N–H and O–H groups in total. The van der Waals surface area contributed by atoms with Gasteiger partial charge in [-0.05, 0) is 12.8 Å². The van der Waals surface area contributed by atoms with Crippen LogP contribution in [0.3, 0.4) is 0 Å². The van der Waals surface area contributed by atoms with Gasteiger partial charge in [-0.15, -0.1) is 0 Å². The van der Waals surface area contributed by atoms with E-state index in [0.29, 0.717) is 17.6 Å². The monoisotopic (exact) mass is 154 g/mol. The second kappa shape index (κ2) is 2.94. The molecule has 0 aromatic rings. The summed E-state index contributed by atoms with van der Waals surface area (Å²) in [5, 5.41) is 0. The summed E-state index contributed by atoms with van der Waals surface area (Å²) in [4.78, 5) is 11.4. The Bertz CT molecular complexity index is 161. The van der Waals surface area contributed by atoms with Crippen LogP contribution in [-0.4, -0.2) is 19.0 Å². The van der Waals surface area contributed by atoms with Gasteiger partial charge in [-0.2, -0.15) is 0 Å². The molecule has 1 aliphatic carbocycles. The Balaban J connectivity index is 1.93. The highest BCUT2D eigenvalue weighted by atomic mass is 16.5. The van der Waals surface area contributed by atoms with Gasteiger partial charge in [-0.25, -0.2) is 0 Å². The van der Waals surface area contributed by atoms with Crippen LogP contribution >= 0.6 is 0 Å². The van der Waals surface area contributed by atoms with E-state index >= 15 is 0 Å². The Labute approximate surface area is 66.9 Å². The van der Waals surface area contributed by atoms with E-state index in [4.69, 9.17) is 4.74 Å². The van der Waals surface area contributed by atoms with Gasteiger partial charge in [0.1, 0.15) is 5.78 Å². The van der Waals surface area contributed by atoms with Crippen LogP contribution in [0.5, 0.6) is 0 Å². The average Bonchev–Trinajstić information content (AvgIpc) is 1.90. The number of Topliss-reactive ketones (excluding diaryl/α,β-unsaturated/α-hetero) is 1. The molecule has 2 heteroatoms. The van der Waals surface area contributed by atoms with Gasteiger partial charge in [-0.3, -0.25) is 4.79 Å². The fraction of sp³-hybridized carbons (Fsp3) is 0.889. The third-order valence-electron chi connectivity index (χ3n) is 2.83.